The average Bonchev–Trinajstić information content (AvgIpc) is 2.87. The molecule has 104 valence electrons. The molecule has 0 saturated carbocycles. The summed E-state index contributed by atoms with van der Waals surface area (Å²) >= 11 is 0. The molecular formula is C12H14O7. The normalized spacial score (nSPS) is 20.9. The number of ether oxygens (including phenoxy) is 5. The van der Waals surface area contributed by atoms with Crippen molar-refractivity contribution in [2.45, 2.75) is 38.3 Å². The highest BCUT2D eigenvalue weighted by molar-refractivity contribution is 5.86. The van der Waals surface area contributed by atoms with Gasteiger partial charge in [-0.3, -0.25) is 9.59 Å². The van der Waals surface area contributed by atoms with Gasteiger partial charge in [-0.2, -0.15) is 0 Å². The van der Waals surface area contributed by atoms with Gasteiger partial charge in [-0.25, -0.2) is 0 Å². The maximum atomic E-state index is 11.6. The zero-order valence-electron chi connectivity index (χ0n) is 10.6. The summed E-state index contributed by atoms with van der Waals surface area (Å²) in [5, 5.41) is 0. The fourth-order valence-electron chi connectivity index (χ4n) is 1.63. The molecule has 2 rings (SSSR count). The molecule has 0 atom stereocenters. The van der Waals surface area contributed by atoms with Gasteiger partial charge in [-0.05, 0) is 0 Å². The number of rotatable bonds is 4. The van der Waals surface area contributed by atoms with Crippen molar-refractivity contribution in [3.05, 3.63) is 25.0 Å². The molecule has 7 nitrogen and oxygen atoms in total. The second kappa shape index (κ2) is 4.83. The Morgan fingerprint density at radius 3 is 1.47 bits per heavy atom. The van der Waals surface area contributed by atoms with Crippen LogP contribution in [0.4, 0.5) is 0 Å². The van der Waals surface area contributed by atoms with Crippen molar-refractivity contribution in [2.75, 3.05) is 0 Å². The van der Waals surface area contributed by atoms with Crippen LogP contribution in [-0.4, -0.2) is 23.5 Å². The van der Waals surface area contributed by atoms with Crippen molar-refractivity contribution in [2.24, 2.45) is 0 Å². The molecule has 0 N–H and O–H groups in total. The minimum Gasteiger partial charge on any atom is -0.456 e. The molecule has 0 unspecified atom stereocenters. The fraction of sp³-hybridized carbons (Fsp3) is 0.500. The standard InChI is InChI=1S/C12H14O7/c1-11(15-3-4-16-11)7-9(13)19-10(14)8-12(2)17-5-6-18-12/h3-6H,7-8H2,1-2H3. The van der Waals surface area contributed by atoms with Gasteiger partial charge in [0.15, 0.2) is 0 Å². The SMILES string of the molecule is CC1(CC(=O)OC(=O)CC2(C)OC=CO2)OC=CO1. The number of hydrogen-bond donors (Lipinski definition) is 0. The van der Waals surface area contributed by atoms with Crippen LogP contribution in [0.2, 0.25) is 0 Å². The van der Waals surface area contributed by atoms with Crippen LogP contribution in [0.1, 0.15) is 26.7 Å². The quantitative estimate of drug-likeness (QED) is 0.562. The lowest BCUT2D eigenvalue weighted by molar-refractivity contribution is -0.182. The number of carbonyl (C=O) groups excluding carboxylic acids is 2. The van der Waals surface area contributed by atoms with E-state index in [2.05, 4.69) is 4.74 Å². The van der Waals surface area contributed by atoms with E-state index in [-0.39, 0.29) is 12.8 Å². The molecule has 2 heterocycles. The van der Waals surface area contributed by atoms with Gasteiger partial charge < -0.3 is 23.7 Å². The molecule has 0 aliphatic carbocycles. The van der Waals surface area contributed by atoms with Crippen molar-refractivity contribution in [3.8, 4) is 0 Å². The van der Waals surface area contributed by atoms with E-state index >= 15 is 0 Å². The minimum atomic E-state index is -1.12. The van der Waals surface area contributed by atoms with Crippen molar-refractivity contribution in [1.82, 2.24) is 0 Å². The first kappa shape index (κ1) is 13.3. The van der Waals surface area contributed by atoms with E-state index in [0.717, 1.165) is 0 Å². The molecule has 0 aromatic heterocycles. The minimum absolute atomic E-state index is 0.206. The lowest BCUT2D eigenvalue weighted by Gasteiger charge is -2.23. The van der Waals surface area contributed by atoms with E-state index in [1.54, 1.807) is 13.8 Å². The topological polar surface area (TPSA) is 80.3 Å². The molecule has 0 radical (unpaired) electrons. The molecule has 0 fully saturated rings. The Morgan fingerprint density at radius 2 is 1.16 bits per heavy atom. The summed E-state index contributed by atoms with van der Waals surface area (Å²) in [7, 11) is 0. The van der Waals surface area contributed by atoms with Gasteiger partial charge in [-0.1, -0.05) is 0 Å². The zero-order chi connectivity index (χ0) is 13.9. The van der Waals surface area contributed by atoms with Crippen LogP contribution in [0, 0.1) is 0 Å². The van der Waals surface area contributed by atoms with Gasteiger partial charge in [0.2, 0.25) is 0 Å². The first-order chi connectivity index (χ1) is 8.91. The number of esters is 2. The molecule has 19 heavy (non-hydrogen) atoms. The lowest BCUT2D eigenvalue weighted by atomic mass is 10.2. The smallest absolute Gasteiger partial charge is 0.321 e. The zero-order valence-corrected chi connectivity index (χ0v) is 10.6. The van der Waals surface area contributed by atoms with E-state index in [4.69, 9.17) is 18.9 Å². The Labute approximate surface area is 109 Å². The molecule has 0 saturated heterocycles. The lowest BCUT2D eigenvalue weighted by Crippen LogP contribution is -2.33. The predicted octanol–water partition coefficient (Wildman–Crippen LogP) is 1.30. The molecule has 0 amide bonds. The summed E-state index contributed by atoms with van der Waals surface area (Å²) < 4.78 is 24.9. The fourth-order valence-corrected chi connectivity index (χ4v) is 1.63. The first-order valence-electron chi connectivity index (χ1n) is 5.66. The Kier molecular flexibility index (Phi) is 3.37. The highest BCUT2D eigenvalue weighted by Gasteiger charge is 2.37. The van der Waals surface area contributed by atoms with Gasteiger partial charge in [0.1, 0.15) is 37.9 Å². The summed E-state index contributed by atoms with van der Waals surface area (Å²) in [5.41, 5.74) is 0. The first-order valence-corrected chi connectivity index (χ1v) is 5.66. The highest BCUT2D eigenvalue weighted by atomic mass is 16.7. The Bertz CT molecular complexity index is 381. The highest BCUT2D eigenvalue weighted by Crippen LogP contribution is 2.26. The third-order valence-electron chi connectivity index (χ3n) is 2.54. The summed E-state index contributed by atoms with van der Waals surface area (Å²) in [6.45, 7) is 3.13. The van der Waals surface area contributed by atoms with E-state index in [1.807, 2.05) is 0 Å². The van der Waals surface area contributed by atoms with Crippen molar-refractivity contribution < 1.29 is 33.3 Å². The molecule has 0 bridgehead atoms. The van der Waals surface area contributed by atoms with E-state index in [9.17, 15) is 9.59 Å². The van der Waals surface area contributed by atoms with Gasteiger partial charge in [0, 0.05) is 13.8 Å². The summed E-state index contributed by atoms with van der Waals surface area (Å²) in [6, 6.07) is 0. The van der Waals surface area contributed by atoms with E-state index < -0.39 is 23.5 Å². The average molecular weight is 270 g/mol. The molecule has 7 heteroatoms. The molecular weight excluding hydrogens is 256 g/mol. The van der Waals surface area contributed by atoms with Gasteiger partial charge >= 0.3 is 11.9 Å². The van der Waals surface area contributed by atoms with Crippen LogP contribution in [0.25, 0.3) is 0 Å². The predicted molar refractivity (Wildman–Crippen MR) is 59.8 cm³/mol. The Balaban J connectivity index is 1.77. The molecule has 0 aromatic carbocycles. The number of carbonyl (C=O) groups is 2. The van der Waals surface area contributed by atoms with Gasteiger partial charge in [0.25, 0.3) is 11.6 Å². The molecule has 2 aliphatic rings. The number of hydrogen-bond acceptors (Lipinski definition) is 7. The van der Waals surface area contributed by atoms with Gasteiger partial charge in [0.05, 0.1) is 0 Å². The maximum Gasteiger partial charge on any atom is 0.321 e. The molecule has 2 aliphatic heterocycles. The van der Waals surface area contributed by atoms with Crippen LogP contribution in [-0.2, 0) is 33.3 Å². The van der Waals surface area contributed by atoms with Crippen LogP contribution in [0.5, 0.6) is 0 Å². The third kappa shape index (κ3) is 3.40. The van der Waals surface area contributed by atoms with Crippen LogP contribution in [0.3, 0.4) is 0 Å². The van der Waals surface area contributed by atoms with Crippen LogP contribution >= 0.6 is 0 Å². The molecule has 0 spiro atoms. The third-order valence-corrected chi connectivity index (χ3v) is 2.54. The van der Waals surface area contributed by atoms with Crippen molar-refractivity contribution >= 4 is 11.9 Å². The van der Waals surface area contributed by atoms with E-state index in [1.165, 1.54) is 25.0 Å². The Hall–Kier alpha value is -2.18. The Morgan fingerprint density at radius 1 is 0.842 bits per heavy atom. The van der Waals surface area contributed by atoms with E-state index in [0.29, 0.717) is 0 Å². The van der Waals surface area contributed by atoms with Gasteiger partial charge in [-0.15, -0.1) is 0 Å². The summed E-state index contributed by atoms with van der Waals surface area (Å²) in [6.07, 6.45) is 4.87. The van der Waals surface area contributed by atoms with Crippen molar-refractivity contribution in [3.63, 3.8) is 0 Å². The van der Waals surface area contributed by atoms with Crippen LogP contribution < -0.4 is 0 Å². The summed E-state index contributed by atoms with van der Waals surface area (Å²) in [5.74, 6) is -3.73. The maximum absolute atomic E-state index is 11.6. The monoisotopic (exact) mass is 270 g/mol. The second-order valence-corrected chi connectivity index (χ2v) is 4.48. The van der Waals surface area contributed by atoms with Crippen LogP contribution in [0.15, 0.2) is 25.0 Å². The van der Waals surface area contributed by atoms with Crippen molar-refractivity contribution in [1.29, 1.82) is 0 Å². The second-order valence-electron chi connectivity index (χ2n) is 4.48. The summed E-state index contributed by atoms with van der Waals surface area (Å²) in [4.78, 5) is 23.1. The largest absolute Gasteiger partial charge is 0.456 e. The molecule has 0 aromatic rings.